The van der Waals surface area contributed by atoms with Gasteiger partial charge >= 0.3 is 0 Å². The summed E-state index contributed by atoms with van der Waals surface area (Å²) < 4.78 is 11.7. The molecule has 0 N–H and O–H groups in total. The van der Waals surface area contributed by atoms with Gasteiger partial charge in [-0.15, -0.1) is 0 Å². The highest BCUT2D eigenvalue weighted by Gasteiger charge is 2.31. The number of unbranched alkanes of at least 4 members (excludes halogenated alkanes) is 3. The topological polar surface area (TPSA) is 18.5 Å². The minimum absolute atomic E-state index is 0.0770. The van der Waals surface area contributed by atoms with Gasteiger partial charge in [-0.2, -0.15) is 0 Å². The zero-order valence-corrected chi connectivity index (χ0v) is 11.2. The van der Waals surface area contributed by atoms with Gasteiger partial charge in [-0.05, 0) is 18.8 Å². The van der Waals surface area contributed by atoms with Crippen LogP contribution in [0.3, 0.4) is 0 Å². The van der Waals surface area contributed by atoms with Crippen molar-refractivity contribution in [2.24, 2.45) is 5.92 Å². The second kappa shape index (κ2) is 8.08. The quantitative estimate of drug-likeness (QED) is 0.581. The van der Waals surface area contributed by atoms with Gasteiger partial charge in [0.05, 0.1) is 6.10 Å². The van der Waals surface area contributed by atoms with Crippen LogP contribution >= 0.6 is 0 Å². The highest BCUT2D eigenvalue weighted by molar-refractivity contribution is 4.75. The Morgan fingerprint density at radius 1 is 1.12 bits per heavy atom. The Morgan fingerprint density at radius 3 is 2.56 bits per heavy atom. The number of hydrogen-bond acceptors (Lipinski definition) is 2. The van der Waals surface area contributed by atoms with Crippen LogP contribution in [0.25, 0.3) is 0 Å². The SMILES string of the molecule is CCCCC[C@H]1OC(OCCCC)C[C@@H]1C. The molecule has 0 aromatic carbocycles. The fourth-order valence-corrected chi connectivity index (χ4v) is 2.25. The van der Waals surface area contributed by atoms with Crippen molar-refractivity contribution in [3.63, 3.8) is 0 Å². The molecule has 1 fully saturated rings. The van der Waals surface area contributed by atoms with E-state index in [1.807, 2.05) is 0 Å². The lowest BCUT2D eigenvalue weighted by atomic mass is 9.99. The molecule has 2 nitrogen and oxygen atoms in total. The molecule has 0 spiro atoms. The first-order valence-corrected chi connectivity index (χ1v) is 7.05. The van der Waals surface area contributed by atoms with E-state index in [9.17, 15) is 0 Å². The monoisotopic (exact) mass is 228 g/mol. The predicted molar refractivity (Wildman–Crippen MR) is 67.4 cm³/mol. The third kappa shape index (κ3) is 4.84. The van der Waals surface area contributed by atoms with E-state index >= 15 is 0 Å². The Morgan fingerprint density at radius 2 is 1.88 bits per heavy atom. The van der Waals surface area contributed by atoms with Crippen molar-refractivity contribution in [2.75, 3.05) is 6.61 Å². The largest absolute Gasteiger partial charge is 0.353 e. The van der Waals surface area contributed by atoms with Crippen LogP contribution < -0.4 is 0 Å². The van der Waals surface area contributed by atoms with Gasteiger partial charge in [-0.25, -0.2) is 0 Å². The first-order valence-electron chi connectivity index (χ1n) is 7.05. The Labute approximate surface area is 101 Å². The van der Waals surface area contributed by atoms with Crippen LogP contribution in [0, 0.1) is 5.92 Å². The normalized spacial score (nSPS) is 29.8. The van der Waals surface area contributed by atoms with E-state index in [4.69, 9.17) is 9.47 Å². The molecular formula is C14H28O2. The molecule has 0 aromatic rings. The Hall–Kier alpha value is -0.0800. The summed E-state index contributed by atoms with van der Waals surface area (Å²) in [6.07, 6.45) is 9.07. The molecule has 0 aliphatic carbocycles. The first kappa shape index (κ1) is 14.0. The zero-order chi connectivity index (χ0) is 11.8. The van der Waals surface area contributed by atoms with E-state index < -0.39 is 0 Å². The number of ether oxygens (including phenoxy) is 2. The Bertz CT molecular complexity index is 170. The molecule has 1 aliphatic rings. The summed E-state index contributed by atoms with van der Waals surface area (Å²) in [5.41, 5.74) is 0. The summed E-state index contributed by atoms with van der Waals surface area (Å²) in [5.74, 6) is 0.670. The molecule has 0 radical (unpaired) electrons. The number of hydrogen-bond donors (Lipinski definition) is 0. The van der Waals surface area contributed by atoms with Crippen LogP contribution in [0.4, 0.5) is 0 Å². The molecule has 1 saturated heterocycles. The fourth-order valence-electron chi connectivity index (χ4n) is 2.25. The molecular weight excluding hydrogens is 200 g/mol. The molecule has 0 aromatic heterocycles. The van der Waals surface area contributed by atoms with Crippen molar-refractivity contribution in [1.29, 1.82) is 0 Å². The van der Waals surface area contributed by atoms with Crippen LogP contribution in [0.5, 0.6) is 0 Å². The maximum absolute atomic E-state index is 5.94. The Balaban J connectivity index is 2.14. The van der Waals surface area contributed by atoms with Gasteiger partial charge in [-0.1, -0.05) is 46.5 Å². The number of rotatable bonds is 8. The second-order valence-electron chi connectivity index (χ2n) is 5.04. The summed E-state index contributed by atoms with van der Waals surface area (Å²) in [6, 6.07) is 0. The van der Waals surface area contributed by atoms with Crippen molar-refractivity contribution < 1.29 is 9.47 Å². The molecule has 0 bridgehead atoms. The second-order valence-corrected chi connectivity index (χ2v) is 5.04. The van der Waals surface area contributed by atoms with Gasteiger partial charge in [-0.3, -0.25) is 0 Å². The van der Waals surface area contributed by atoms with Crippen molar-refractivity contribution >= 4 is 0 Å². The van der Waals surface area contributed by atoms with Crippen molar-refractivity contribution in [3.8, 4) is 0 Å². The van der Waals surface area contributed by atoms with Crippen LogP contribution in [0.1, 0.15) is 65.7 Å². The molecule has 0 amide bonds. The van der Waals surface area contributed by atoms with E-state index in [1.165, 1.54) is 32.1 Å². The average molecular weight is 228 g/mol. The van der Waals surface area contributed by atoms with Crippen molar-refractivity contribution in [2.45, 2.75) is 78.1 Å². The predicted octanol–water partition coefficient (Wildman–Crippen LogP) is 4.13. The van der Waals surface area contributed by atoms with Crippen molar-refractivity contribution in [3.05, 3.63) is 0 Å². The van der Waals surface area contributed by atoms with Crippen LogP contribution in [0.2, 0.25) is 0 Å². The van der Waals surface area contributed by atoms with Crippen LogP contribution in [-0.4, -0.2) is 19.0 Å². The van der Waals surface area contributed by atoms with E-state index in [2.05, 4.69) is 20.8 Å². The van der Waals surface area contributed by atoms with Gasteiger partial charge < -0.3 is 9.47 Å². The molecule has 2 heteroatoms. The molecule has 1 aliphatic heterocycles. The lowest BCUT2D eigenvalue weighted by molar-refractivity contribution is -0.135. The van der Waals surface area contributed by atoms with E-state index in [0.717, 1.165) is 19.4 Å². The van der Waals surface area contributed by atoms with E-state index in [-0.39, 0.29) is 6.29 Å². The van der Waals surface area contributed by atoms with Gasteiger partial charge in [0.25, 0.3) is 0 Å². The minimum Gasteiger partial charge on any atom is -0.353 e. The van der Waals surface area contributed by atoms with Crippen LogP contribution in [0.15, 0.2) is 0 Å². The lowest BCUT2D eigenvalue weighted by Crippen LogP contribution is -2.16. The maximum Gasteiger partial charge on any atom is 0.158 e. The molecule has 1 unspecified atom stereocenters. The van der Waals surface area contributed by atoms with Crippen LogP contribution in [-0.2, 0) is 9.47 Å². The third-order valence-electron chi connectivity index (χ3n) is 3.42. The standard InChI is InChI=1S/C14H28O2/c1-4-6-8-9-13-12(3)11-14(16-13)15-10-7-5-2/h12-14H,4-11H2,1-3H3/t12-,13+,14?/m0/s1. The van der Waals surface area contributed by atoms with Gasteiger partial charge in [0.1, 0.15) is 0 Å². The maximum atomic E-state index is 5.94. The average Bonchev–Trinajstić information content (AvgIpc) is 2.61. The molecule has 1 rings (SSSR count). The van der Waals surface area contributed by atoms with E-state index in [1.54, 1.807) is 0 Å². The zero-order valence-electron chi connectivity index (χ0n) is 11.2. The van der Waals surface area contributed by atoms with Crippen molar-refractivity contribution in [1.82, 2.24) is 0 Å². The summed E-state index contributed by atoms with van der Waals surface area (Å²) in [4.78, 5) is 0. The minimum atomic E-state index is 0.0770. The van der Waals surface area contributed by atoms with E-state index in [0.29, 0.717) is 12.0 Å². The van der Waals surface area contributed by atoms with Gasteiger partial charge in [0.15, 0.2) is 6.29 Å². The molecule has 16 heavy (non-hydrogen) atoms. The highest BCUT2D eigenvalue weighted by Crippen LogP contribution is 2.30. The first-order chi connectivity index (χ1) is 7.77. The Kier molecular flexibility index (Phi) is 7.06. The van der Waals surface area contributed by atoms with Gasteiger partial charge in [0.2, 0.25) is 0 Å². The molecule has 0 saturated carbocycles. The molecule has 96 valence electrons. The smallest absolute Gasteiger partial charge is 0.158 e. The summed E-state index contributed by atoms with van der Waals surface area (Å²) in [7, 11) is 0. The summed E-state index contributed by atoms with van der Waals surface area (Å²) in [6.45, 7) is 7.58. The molecule has 3 atom stereocenters. The molecule has 1 heterocycles. The highest BCUT2D eigenvalue weighted by atomic mass is 16.7. The van der Waals surface area contributed by atoms with Gasteiger partial charge in [0, 0.05) is 13.0 Å². The lowest BCUT2D eigenvalue weighted by Gasteiger charge is -2.15. The fraction of sp³-hybridized carbons (Fsp3) is 1.00. The third-order valence-corrected chi connectivity index (χ3v) is 3.42. The summed E-state index contributed by atoms with van der Waals surface area (Å²) >= 11 is 0. The summed E-state index contributed by atoms with van der Waals surface area (Å²) in [5, 5.41) is 0.